The minimum atomic E-state index is -0.0569. The van der Waals surface area contributed by atoms with Crippen molar-refractivity contribution < 1.29 is 31.1 Å². The molecule has 0 atom stereocenters. The molecule has 4 nitrogen and oxygen atoms in total. The summed E-state index contributed by atoms with van der Waals surface area (Å²) in [5, 5.41) is 0. The number of fused-ring (bicyclic) bond motifs is 1. The second-order valence-electron chi connectivity index (χ2n) is 6.14. The lowest BCUT2D eigenvalue weighted by Gasteiger charge is -2.42. The molecule has 1 fully saturated rings. The lowest BCUT2D eigenvalue weighted by molar-refractivity contribution is -0.911. The van der Waals surface area contributed by atoms with Crippen LogP contribution in [0, 0.1) is 0 Å². The molecule has 0 bridgehead atoms. The number of Topliss-reactive ketones (excluding diaryl/α,β-unsaturated/α-hetero) is 1. The van der Waals surface area contributed by atoms with E-state index >= 15 is 0 Å². The smallest absolute Gasteiger partial charge is 0.209 e. The van der Waals surface area contributed by atoms with Gasteiger partial charge in [-0.1, -0.05) is 24.3 Å². The van der Waals surface area contributed by atoms with E-state index in [1.165, 1.54) is 6.08 Å². The third-order valence-electron chi connectivity index (χ3n) is 4.86. The summed E-state index contributed by atoms with van der Waals surface area (Å²) in [6, 6.07) is 7.09. The Balaban J connectivity index is 0.00000176. The predicted molar refractivity (Wildman–Crippen MR) is 81.2 cm³/mol. The van der Waals surface area contributed by atoms with E-state index in [4.69, 9.17) is 0 Å². The molecule has 5 heteroatoms. The lowest BCUT2D eigenvalue weighted by Crippen LogP contribution is -3.00. The summed E-state index contributed by atoms with van der Waals surface area (Å²) in [4.78, 5) is 26.9. The van der Waals surface area contributed by atoms with Crippen LogP contribution >= 0.6 is 0 Å². The number of piperazine rings is 1. The van der Waals surface area contributed by atoms with Gasteiger partial charge in [-0.15, -0.1) is 0 Å². The summed E-state index contributed by atoms with van der Waals surface area (Å²) in [6.07, 6.45) is 1.52. The van der Waals surface area contributed by atoms with Crippen LogP contribution in [0.2, 0.25) is 0 Å². The van der Waals surface area contributed by atoms with Crippen LogP contribution in [0.1, 0.15) is 27.6 Å². The van der Waals surface area contributed by atoms with Gasteiger partial charge in [-0.25, -0.2) is 0 Å². The van der Waals surface area contributed by atoms with Crippen molar-refractivity contribution in [1.82, 2.24) is 4.90 Å². The SMILES string of the molecule is CC[N+]1(C)CCN(C2=CC(=O)c3ccccc3C2=O)CC1.[Br-]. The third kappa shape index (κ3) is 2.88. The minimum absolute atomic E-state index is 0. The maximum absolute atomic E-state index is 12.6. The second kappa shape index (κ2) is 6.34. The third-order valence-corrected chi connectivity index (χ3v) is 4.86. The average Bonchev–Trinajstić information content (AvgIpc) is 2.52. The first-order valence-corrected chi connectivity index (χ1v) is 7.52. The summed E-state index contributed by atoms with van der Waals surface area (Å²) in [5.41, 5.74) is 1.64. The van der Waals surface area contributed by atoms with Crippen LogP contribution in [0.15, 0.2) is 36.0 Å². The number of hydrogen-bond donors (Lipinski definition) is 0. The number of allylic oxidation sites excluding steroid dienone is 2. The van der Waals surface area contributed by atoms with Gasteiger partial charge in [0, 0.05) is 17.2 Å². The van der Waals surface area contributed by atoms with Crippen molar-refractivity contribution in [1.29, 1.82) is 0 Å². The highest BCUT2D eigenvalue weighted by Crippen LogP contribution is 2.25. The number of hydrogen-bond acceptors (Lipinski definition) is 3. The first kappa shape index (κ1) is 16.9. The Kier molecular flexibility index (Phi) is 4.87. The molecule has 1 aliphatic carbocycles. The van der Waals surface area contributed by atoms with Crippen LogP contribution in [-0.4, -0.2) is 60.7 Å². The van der Waals surface area contributed by atoms with Gasteiger partial charge >= 0.3 is 0 Å². The molecule has 0 unspecified atom stereocenters. The van der Waals surface area contributed by atoms with Crippen LogP contribution in [0.3, 0.4) is 0 Å². The number of benzene rings is 1. The van der Waals surface area contributed by atoms with Gasteiger partial charge in [0.15, 0.2) is 5.78 Å². The van der Waals surface area contributed by atoms with Crippen molar-refractivity contribution in [2.24, 2.45) is 0 Å². The van der Waals surface area contributed by atoms with Crippen LogP contribution in [0.4, 0.5) is 0 Å². The second-order valence-corrected chi connectivity index (χ2v) is 6.14. The number of nitrogens with zero attached hydrogens (tertiary/aromatic N) is 2. The maximum Gasteiger partial charge on any atom is 0.209 e. The normalized spacial score (nSPS) is 20.1. The molecule has 3 rings (SSSR count). The molecule has 0 spiro atoms. The van der Waals surface area contributed by atoms with Gasteiger partial charge in [-0.2, -0.15) is 0 Å². The molecule has 0 radical (unpaired) electrons. The zero-order valence-corrected chi connectivity index (χ0v) is 14.6. The van der Waals surface area contributed by atoms with Gasteiger partial charge in [-0.05, 0) is 6.92 Å². The summed E-state index contributed by atoms with van der Waals surface area (Å²) in [5.74, 6) is -0.0729. The Labute approximate surface area is 141 Å². The quantitative estimate of drug-likeness (QED) is 0.614. The molecule has 1 aliphatic heterocycles. The largest absolute Gasteiger partial charge is 1.00 e. The molecule has 2 aliphatic rings. The maximum atomic E-state index is 12.6. The number of carbonyl (C=O) groups excluding carboxylic acids is 2. The average molecular weight is 365 g/mol. The summed E-state index contributed by atoms with van der Waals surface area (Å²) in [7, 11) is 2.24. The van der Waals surface area contributed by atoms with Gasteiger partial charge in [0.1, 0.15) is 0 Å². The first-order chi connectivity index (χ1) is 10.0. The number of rotatable bonds is 2. The molecule has 0 N–H and O–H groups in total. The molecule has 0 saturated carbocycles. The number of halogens is 1. The molecule has 1 aromatic carbocycles. The summed E-state index contributed by atoms with van der Waals surface area (Å²) >= 11 is 0. The van der Waals surface area contributed by atoms with Crippen molar-refractivity contribution in [3.63, 3.8) is 0 Å². The zero-order valence-electron chi connectivity index (χ0n) is 13.0. The van der Waals surface area contributed by atoms with E-state index in [2.05, 4.69) is 18.9 Å². The molecule has 0 amide bonds. The Hall–Kier alpha value is -1.46. The summed E-state index contributed by atoms with van der Waals surface area (Å²) < 4.78 is 1.03. The fourth-order valence-electron chi connectivity index (χ4n) is 3.04. The molecular weight excluding hydrogens is 344 g/mol. The Bertz CT molecular complexity index is 631. The van der Waals surface area contributed by atoms with E-state index in [0.717, 1.165) is 37.2 Å². The van der Waals surface area contributed by atoms with Crippen molar-refractivity contribution in [3.05, 3.63) is 47.2 Å². The highest BCUT2D eigenvalue weighted by atomic mass is 79.9. The van der Waals surface area contributed by atoms with Crippen molar-refractivity contribution in [2.75, 3.05) is 39.8 Å². The Morgan fingerprint density at radius 2 is 1.68 bits per heavy atom. The Morgan fingerprint density at radius 3 is 2.27 bits per heavy atom. The molecule has 22 heavy (non-hydrogen) atoms. The number of carbonyl (C=O) groups is 2. The number of likely N-dealkylation sites (N-methyl/N-ethyl adjacent to an activating group) is 1. The van der Waals surface area contributed by atoms with Gasteiger partial charge in [-0.3, -0.25) is 9.59 Å². The highest BCUT2D eigenvalue weighted by molar-refractivity contribution is 6.24. The van der Waals surface area contributed by atoms with E-state index in [0.29, 0.717) is 16.8 Å². The first-order valence-electron chi connectivity index (χ1n) is 7.52. The Morgan fingerprint density at radius 1 is 1.09 bits per heavy atom. The monoisotopic (exact) mass is 364 g/mol. The summed E-state index contributed by atoms with van der Waals surface area (Å²) in [6.45, 7) is 6.98. The highest BCUT2D eigenvalue weighted by Gasteiger charge is 2.33. The van der Waals surface area contributed by atoms with Crippen LogP contribution in [0.5, 0.6) is 0 Å². The topological polar surface area (TPSA) is 37.4 Å². The molecule has 1 aromatic rings. The predicted octanol–water partition coefficient (Wildman–Crippen LogP) is -1.26. The molecule has 1 saturated heterocycles. The minimum Gasteiger partial charge on any atom is -1.00 e. The van der Waals surface area contributed by atoms with E-state index in [1.54, 1.807) is 18.2 Å². The van der Waals surface area contributed by atoms with Crippen LogP contribution in [0.25, 0.3) is 0 Å². The zero-order chi connectivity index (χ0) is 15.0. The molecule has 0 aromatic heterocycles. The van der Waals surface area contributed by atoms with E-state index in [9.17, 15) is 9.59 Å². The van der Waals surface area contributed by atoms with Crippen LogP contribution in [-0.2, 0) is 0 Å². The van der Waals surface area contributed by atoms with Crippen LogP contribution < -0.4 is 17.0 Å². The van der Waals surface area contributed by atoms with Gasteiger partial charge in [0.25, 0.3) is 0 Å². The fourth-order valence-corrected chi connectivity index (χ4v) is 3.04. The fraction of sp³-hybridized carbons (Fsp3) is 0.412. The van der Waals surface area contributed by atoms with Gasteiger partial charge in [0.05, 0.1) is 45.5 Å². The number of quaternary nitrogens is 1. The molecular formula is C17H21BrN2O2. The molecule has 1 heterocycles. The van der Waals surface area contributed by atoms with E-state index in [1.807, 2.05) is 6.07 Å². The van der Waals surface area contributed by atoms with E-state index < -0.39 is 0 Å². The lowest BCUT2D eigenvalue weighted by atomic mass is 9.92. The van der Waals surface area contributed by atoms with Gasteiger partial charge in [0.2, 0.25) is 5.78 Å². The van der Waals surface area contributed by atoms with E-state index in [-0.39, 0.29) is 28.5 Å². The van der Waals surface area contributed by atoms with Crippen molar-refractivity contribution >= 4 is 11.6 Å². The van der Waals surface area contributed by atoms with Crippen molar-refractivity contribution in [2.45, 2.75) is 6.92 Å². The van der Waals surface area contributed by atoms with Crippen molar-refractivity contribution in [3.8, 4) is 0 Å². The standard InChI is InChI=1S/C17H21N2O2.BrH/c1-3-19(2)10-8-18(9-11-19)15-12-16(20)13-6-4-5-7-14(13)17(15)21;/h4-7,12H,3,8-11H2,1-2H3;1H/q+1;/p-1. The van der Waals surface area contributed by atoms with Gasteiger partial charge < -0.3 is 26.4 Å². The number of ketones is 2. The molecule has 118 valence electrons.